The highest BCUT2D eigenvalue weighted by Crippen LogP contribution is 2.39. The number of hydrogen-bond donors (Lipinski definition) is 1. The average Bonchev–Trinajstić information content (AvgIpc) is 2.70. The number of aliphatic hydroxyl groups excluding tert-OH is 1. The van der Waals surface area contributed by atoms with Gasteiger partial charge in [-0.2, -0.15) is 0 Å². The summed E-state index contributed by atoms with van der Waals surface area (Å²) in [7, 11) is 0. The molecule has 0 spiro atoms. The minimum Gasteiger partial charge on any atom is -0.393 e. The third kappa shape index (κ3) is 2.09. The van der Waals surface area contributed by atoms with Gasteiger partial charge in [0.2, 0.25) is 0 Å². The van der Waals surface area contributed by atoms with Crippen LogP contribution in [0.25, 0.3) is 11.0 Å². The van der Waals surface area contributed by atoms with E-state index >= 15 is 0 Å². The van der Waals surface area contributed by atoms with E-state index in [4.69, 9.17) is 4.98 Å². The summed E-state index contributed by atoms with van der Waals surface area (Å²) in [6.07, 6.45) is 3.94. The number of pyridine rings is 2. The Morgan fingerprint density at radius 2 is 1.81 bits per heavy atom. The second kappa shape index (κ2) is 4.67. The van der Waals surface area contributed by atoms with Gasteiger partial charge in [-0.25, -0.2) is 9.97 Å². The fraction of sp³-hybridized carbons (Fsp3) is 0.529. The summed E-state index contributed by atoms with van der Waals surface area (Å²) in [5.74, 6) is 1.03. The van der Waals surface area contributed by atoms with Gasteiger partial charge >= 0.3 is 0 Å². The van der Waals surface area contributed by atoms with Crippen molar-refractivity contribution in [3.8, 4) is 0 Å². The van der Waals surface area contributed by atoms with Crippen molar-refractivity contribution in [1.29, 1.82) is 0 Å². The molecule has 2 aromatic rings. The standard InChI is InChI=1S/C17H21N3O/c1-10-7-11(2)18-17-15(10)5-6-16(19-17)20-12-3-4-13(20)9-14(21)8-12/h5-7,12-14,21H,3-4,8-9H2,1-2H3. The van der Waals surface area contributed by atoms with E-state index in [1.807, 2.05) is 6.92 Å². The minimum absolute atomic E-state index is 0.137. The highest BCUT2D eigenvalue weighted by atomic mass is 16.3. The lowest BCUT2D eigenvalue weighted by atomic mass is 10.00. The van der Waals surface area contributed by atoms with Crippen LogP contribution in [0.3, 0.4) is 0 Å². The molecule has 2 atom stereocenters. The molecule has 0 radical (unpaired) electrons. The lowest BCUT2D eigenvalue weighted by Crippen LogP contribution is -2.45. The monoisotopic (exact) mass is 283 g/mol. The van der Waals surface area contributed by atoms with Gasteiger partial charge in [0.25, 0.3) is 0 Å². The number of aromatic nitrogens is 2. The van der Waals surface area contributed by atoms with Gasteiger partial charge in [0.15, 0.2) is 5.65 Å². The number of piperidine rings is 1. The Labute approximate surface area is 124 Å². The van der Waals surface area contributed by atoms with E-state index in [0.29, 0.717) is 12.1 Å². The van der Waals surface area contributed by atoms with Crippen LogP contribution in [-0.2, 0) is 0 Å². The van der Waals surface area contributed by atoms with Crippen molar-refractivity contribution in [2.45, 2.75) is 57.7 Å². The first kappa shape index (κ1) is 13.0. The molecule has 2 saturated heterocycles. The van der Waals surface area contributed by atoms with Gasteiger partial charge in [-0.1, -0.05) is 0 Å². The van der Waals surface area contributed by atoms with Crippen LogP contribution in [0.1, 0.15) is 36.9 Å². The molecule has 4 heterocycles. The van der Waals surface area contributed by atoms with Crippen LogP contribution >= 0.6 is 0 Å². The Balaban J connectivity index is 1.78. The summed E-state index contributed by atoms with van der Waals surface area (Å²) in [6, 6.07) is 7.24. The number of fused-ring (bicyclic) bond motifs is 3. The molecule has 2 unspecified atom stereocenters. The van der Waals surface area contributed by atoms with E-state index in [9.17, 15) is 5.11 Å². The first-order chi connectivity index (χ1) is 10.1. The third-order valence-electron chi connectivity index (χ3n) is 4.97. The molecule has 2 bridgehead atoms. The molecule has 2 aromatic heterocycles. The smallest absolute Gasteiger partial charge is 0.162 e. The van der Waals surface area contributed by atoms with Gasteiger partial charge in [-0.05, 0) is 63.3 Å². The highest BCUT2D eigenvalue weighted by Gasteiger charge is 2.40. The molecule has 4 rings (SSSR count). The predicted molar refractivity (Wildman–Crippen MR) is 83.5 cm³/mol. The maximum absolute atomic E-state index is 9.94. The molecular formula is C17H21N3O. The molecule has 0 saturated carbocycles. The van der Waals surface area contributed by atoms with Crippen molar-refractivity contribution in [3.05, 3.63) is 29.5 Å². The van der Waals surface area contributed by atoms with Gasteiger partial charge < -0.3 is 10.0 Å². The van der Waals surface area contributed by atoms with Crippen molar-refractivity contribution < 1.29 is 5.11 Å². The summed E-state index contributed by atoms with van der Waals surface area (Å²) < 4.78 is 0. The number of rotatable bonds is 1. The van der Waals surface area contributed by atoms with E-state index in [1.54, 1.807) is 0 Å². The van der Waals surface area contributed by atoms with Crippen LogP contribution in [0.5, 0.6) is 0 Å². The molecule has 1 N–H and O–H groups in total. The Hall–Kier alpha value is -1.68. The fourth-order valence-electron chi connectivity index (χ4n) is 4.09. The van der Waals surface area contributed by atoms with Crippen molar-refractivity contribution in [1.82, 2.24) is 9.97 Å². The summed E-state index contributed by atoms with van der Waals surface area (Å²) in [6.45, 7) is 4.13. The van der Waals surface area contributed by atoms with E-state index in [2.05, 4.69) is 35.0 Å². The lowest BCUT2D eigenvalue weighted by molar-refractivity contribution is 0.126. The average molecular weight is 283 g/mol. The summed E-state index contributed by atoms with van der Waals surface area (Å²) in [5.41, 5.74) is 3.09. The Kier molecular flexibility index (Phi) is 2.89. The zero-order valence-corrected chi connectivity index (χ0v) is 12.6. The largest absolute Gasteiger partial charge is 0.393 e. The van der Waals surface area contributed by atoms with Crippen molar-refractivity contribution in [2.24, 2.45) is 0 Å². The molecule has 0 amide bonds. The first-order valence-corrected chi connectivity index (χ1v) is 7.83. The van der Waals surface area contributed by atoms with Crippen LogP contribution < -0.4 is 4.90 Å². The first-order valence-electron chi connectivity index (χ1n) is 7.83. The zero-order valence-electron chi connectivity index (χ0n) is 12.6. The number of aryl methyl sites for hydroxylation is 2. The lowest BCUT2D eigenvalue weighted by Gasteiger charge is -2.38. The SMILES string of the molecule is Cc1cc(C)c2ccc(N3C4CCC3CC(O)C4)nc2n1. The van der Waals surface area contributed by atoms with Crippen LogP contribution in [0.2, 0.25) is 0 Å². The molecule has 110 valence electrons. The Morgan fingerprint density at radius 1 is 1.10 bits per heavy atom. The fourth-order valence-corrected chi connectivity index (χ4v) is 4.09. The van der Waals surface area contributed by atoms with Gasteiger partial charge in [-0.15, -0.1) is 0 Å². The quantitative estimate of drug-likeness (QED) is 0.874. The van der Waals surface area contributed by atoms with Crippen LogP contribution in [-0.4, -0.2) is 33.3 Å². The summed E-state index contributed by atoms with van der Waals surface area (Å²) in [5, 5.41) is 11.1. The number of aliphatic hydroxyl groups is 1. The normalized spacial score (nSPS) is 28.3. The molecular weight excluding hydrogens is 262 g/mol. The number of anilines is 1. The van der Waals surface area contributed by atoms with Gasteiger partial charge in [0.05, 0.1) is 6.10 Å². The molecule has 21 heavy (non-hydrogen) atoms. The molecule has 0 aromatic carbocycles. The second-order valence-corrected chi connectivity index (χ2v) is 6.54. The van der Waals surface area contributed by atoms with Gasteiger partial charge in [0, 0.05) is 23.2 Å². The maximum Gasteiger partial charge on any atom is 0.162 e. The van der Waals surface area contributed by atoms with E-state index < -0.39 is 0 Å². The topological polar surface area (TPSA) is 49.2 Å². The van der Waals surface area contributed by atoms with E-state index in [1.165, 1.54) is 18.4 Å². The van der Waals surface area contributed by atoms with Gasteiger partial charge in [0.1, 0.15) is 5.82 Å². The third-order valence-corrected chi connectivity index (χ3v) is 4.97. The number of hydrogen-bond acceptors (Lipinski definition) is 4. The van der Waals surface area contributed by atoms with Gasteiger partial charge in [-0.3, -0.25) is 0 Å². The molecule has 2 fully saturated rings. The summed E-state index contributed by atoms with van der Waals surface area (Å²) >= 11 is 0. The Morgan fingerprint density at radius 3 is 2.52 bits per heavy atom. The molecule has 4 nitrogen and oxygen atoms in total. The van der Waals surface area contributed by atoms with E-state index in [-0.39, 0.29) is 6.10 Å². The van der Waals surface area contributed by atoms with Crippen molar-refractivity contribution >= 4 is 16.9 Å². The molecule has 2 aliphatic heterocycles. The minimum atomic E-state index is -0.137. The highest BCUT2D eigenvalue weighted by molar-refractivity contribution is 5.80. The Bertz CT molecular complexity index is 686. The molecule has 2 aliphatic rings. The van der Waals surface area contributed by atoms with Crippen LogP contribution in [0.4, 0.5) is 5.82 Å². The number of nitrogens with zero attached hydrogens (tertiary/aromatic N) is 3. The van der Waals surface area contributed by atoms with E-state index in [0.717, 1.165) is 35.4 Å². The second-order valence-electron chi connectivity index (χ2n) is 6.54. The van der Waals surface area contributed by atoms with Crippen molar-refractivity contribution in [2.75, 3.05) is 4.90 Å². The van der Waals surface area contributed by atoms with Crippen LogP contribution in [0.15, 0.2) is 18.2 Å². The van der Waals surface area contributed by atoms with Crippen molar-refractivity contribution in [3.63, 3.8) is 0 Å². The maximum atomic E-state index is 9.94. The summed E-state index contributed by atoms with van der Waals surface area (Å²) in [4.78, 5) is 11.8. The zero-order chi connectivity index (χ0) is 14.6. The molecule has 0 aliphatic carbocycles. The predicted octanol–water partition coefficient (Wildman–Crippen LogP) is 2.74. The van der Waals surface area contributed by atoms with Crippen LogP contribution in [0, 0.1) is 13.8 Å². The molecule has 4 heteroatoms.